The number of hydrogen-bond donors (Lipinski definition) is 3. The van der Waals surface area contributed by atoms with Crippen LogP contribution in [0, 0.1) is 0 Å². The first-order valence-electron chi connectivity index (χ1n) is 11.9. The van der Waals surface area contributed by atoms with E-state index in [9.17, 15) is 19.5 Å². The third-order valence-electron chi connectivity index (χ3n) is 5.19. The van der Waals surface area contributed by atoms with E-state index in [4.69, 9.17) is 4.74 Å². The molecule has 2 aromatic carbocycles. The molecule has 0 radical (unpaired) electrons. The summed E-state index contributed by atoms with van der Waals surface area (Å²) in [7, 11) is 0. The molecule has 2 unspecified atom stereocenters. The van der Waals surface area contributed by atoms with Crippen LogP contribution in [0.15, 0.2) is 60.7 Å². The molecule has 0 bridgehead atoms. The highest BCUT2D eigenvalue weighted by atomic mass is 16.6. The second-order valence-corrected chi connectivity index (χ2v) is 9.28. The minimum absolute atomic E-state index is 0.278. The van der Waals surface area contributed by atoms with E-state index in [1.54, 1.807) is 45.0 Å². The number of aliphatic hydroxyl groups is 1. The van der Waals surface area contributed by atoms with Gasteiger partial charge in [0.15, 0.2) is 0 Å². The minimum Gasteiger partial charge on any atom is -0.444 e. The molecule has 2 atom stereocenters. The average molecular weight is 484 g/mol. The van der Waals surface area contributed by atoms with Gasteiger partial charge in [0.05, 0.1) is 6.61 Å². The molecule has 190 valence electrons. The lowest BCUT2D eigenvalue weighted by atomic mass is 10.0. The molecule has 8 heteroatoms. The summed E-state index contributed by atoms with van der Waals surface area (Å²) in [6.45, 7) is 7.06. The molecule has 0 heterocycles. The fourth-order valence-electron chi connectivity index (χ4n) is 3.52. The monoisotopic (exact) mass is 483 g/mol. The van der Waals surface area contributed by atoms with Crippen molar-refractivity contribution in [2.45, 2.75) is 64.8 Å². The minimum atomic E-state index is -1.25. The molecule has 2 aromatic rings. The summed E-state index contributed by atoms with van der Waals surface area (Å²) in [4.78, 5) is 40.8. The Morgan fingerprint density at radius 1 is 1.00 bits per heavy atom. The molecule has 35 heavy (non-hydrogen) atoms. The Kier molecular flexibility index (Phi) is 10.7. The van der Waals surface area contributed by atoms with E-state index in [-0.39, 0.29) is 12.5 Å². The van der Waals surface area contributed by atoms with Crippen molar-refractivity contribution in [1.82, 2.24) is 15.5 Å². The van der Waals surface area contributed by atoms with Gasteiger partial charge in [0, 0.05) is 13.1 Å². The van der Waals surface area contributed by atoms with Gasteiger partial charge in [-0.25, -0.2) is 4.79 Å². The zero-order chi connectivity index (χ0) is 25.8. The number of nitrogens with one attached hydrogen (secondary N) is 2. The van der Waals surface area contributed by atoms with E-state index < -0.39 is 36.3 Å². The Labute approximate surface area is 207 Å². The number of carbonyl (C=O) groups excluding carboxylic acids is 3. The average Bonchev–Trinajstić information content (AvgIpc) is 2.83. The van der Waals surface area contributed by atoms with Gasteiger partial charge in [-0.2, -0.15) is 0 Å². The van der Waals surface area contributed by atoms with Crippen LogP contribution in [-0.4, -0.2) is 52.7 Å². The van der Waals surface area contributed by atoms with E-state index in [1.165, 1.54) is 4.90 Å². The second kappa shape index (κ2) is 13.5. The van der Waals surface area contributed by atoms with Crippen LogP contribution in [0.4, 0.5) is 4.79 Å². The van der Waals surface area contributed by atoms with Crippen LogP contribution in [0.25, 0.3) is 0 Å². The van der Waals surface area contributed by atoms with E-state index in [0.717, 1.165) is 12.0 Å². The zero-order valence-electron chi connectivity index (χ0n) is 21.0. The summed E-state index contributed by atoms with van der Waals surface area (Å²) in [6, 6.07) is 16.3. The zero-order valence-corrected chi connectivity index (χ0v) is 21.0. The van der Waals surface area contributed by atoms with E-state index in [2.05, 4.69) is 10.6 Å². The van der Waals surface area contributed by atoms with Crippen LogP contribution in [0.3, 0.4) is 0 Å². The predicted molar refractivity (Wildman–Crippen MR) is 134 cm³/mol. The van der Waals surface area contributed by atoms with E-state index in [1.807, 2.05) is 43.3 Å². The summed E-state index contributed by atoms with van der Waals surface area (Å²) in [6.07, 6.45) is 0.622. The molecular formula is C27H37N3O5. The SMILES string of the molecule is CCCCN(C(=O)C(CO)NC(=O)OC(C)(C)C)C(C(=O)NCc1ccccc1)c1ccccc1. The molecule has 0 saturated carbocycles. The van der Waals surface area contributed by atoms with Crippen molar-refractivity contribution in [3.8, 4) is 0 Å². The van der Waals surface area contributed by atoms with Gasteiger partial charge >= 0.3 is 6.09 Å². The number of ether oxygens (including phenoxy) is 1. The van der Waals surface area contributed by atoms with Crippen LogP contribution in [0.2, 0.25) is 0 Å². The molecule has 2 rings (SSSR count). The summed E-state index contributed by atoms with van der Waals surface area (Å²) >= 11 is 0. The van der Waals surface area contributed by atoms with Crippen LogP contribution in [-0.2, 0) is 20.9 Å². The van der Waals surface area contributed by atoms with Crippen LogP contribution < -0.4 is 10.6 Å². The molecule has 3 N–H and O–H groups in total. The van der Waals surface area contributed by atoms with Gasteiger partial charge in [-0.05, 0) is 38.3 Å². The molecule has 0 saturated heterocycles. The lowest BCUT2D eigenvalue weighted by Gasteiger charge is -2.34. The molecule has 0 aliphatic heterocycles. The maximum Gasteiger partial charge on any atom is 0.408 e. The van der Waals surface area contributed by atoms with Crippen LogP contribution in [0.1, 0.15) is 57.7 Å². The molecule has 0 aliphatic rings. The normalized spacial score (nSPS) is 12.8. The van der Waals surface area contributed by atoms with Crippen LogP contribution >= 0.6 is 0 Å². The summed E-state index contributed by atoms with van der Waals surface area (Å²) in [5, 5.41) is 15.3. The highest BCUT2D eigenvalue weighted by molar-refractivity contribution is 5.92. The summed E-state index contributed by atoms with van der Waals surface area (Å²) in [5.74, 6) is -0.908. The second-order valence-electron chi connectivity index (χ2n) is 9.28. The number of nitrogens with zero attached hydrogens (tertiary/aromatic N) is 1. The Morgan fingerprint density at radius 2 is 1.60 bits per heavy atom. The van der Waals surface area contributed by atoms with Crippen molar-refractivity contribution in [3.63, 3.8) is 0 Å². The Bertz CT molecular complexity index is 944. The topological polar surface area (TPSA) is 108 Å². The third-order valence-corrected chi connectivity index (χ3v) is 5.19. The van der Waals surface area contributed by atoms with Crippen molar-refractivity contribution < 1.29 is 24.2 Å². The number of benzene rings is 2. The van der Waals surface area contributed by atoms with Gasteiger partial charge in [-0.15, -0.1) is 0 Å². The van der Waals surface area contributed by atoms with E-state index >= 15 is 0 Å². The standard InChI is InChI=1S/C27H37N3O5/c1-5-6-17-30(25(33)22(19-31)29-26(34)35-27(2,3)4)23(21-15-11-8-12-16-21)24(32)28-18-20-13-9-7-10-14-20/h7-16,22-23,31H,5-6,17-19H2,1-4H3,(H,28,32)(H,29,34). The van der Waals surface area contributed by atoms with Crippen molar-refractivity contribution in [3.05, 3.63) is 71.8 Å². The maximum atomic E-state index is 13.6. The van der Waals surface area contributed by atoms with Gasteiger partial charge in [0.1, 0.15) is 17.7 Å². The van der Waals surface area contributed by atoms with Gasteiger partial charge in [0.2, 0.25) is 11.8 Å². The fourth-order valence-corrected chi connectivity index (χ4v) is 3.52. The number of carbonyl (C=O) groups is 3. The first-order chi connectivity index (χ1) is 16.7. The number of amides is 3. The van der Waals surface area contributed by atoms with Gasteiger partial charge in [-0.3, -0.25) is 9.59 Å². The first kappa shape index (κ1) is 27.9. The lowest BCUT2D eigenvalue weighted by Crippen LogP contribution is -2.54. The highest BCUT2D eigenvalue weighted by Gasteiger charge is 2.35. The maximum absolute atomic E-state index is 13.6. The molecule has 0 aliphatic carbocycles. The Balaban J connectivity index is 2.33. The molecular weight excluding hydrogens is 446 g/mol. The Hall–Kier alpha value is -3.39. The van der Waals surface area contributed by atoms with Crippen LogP contribution in [0.5, 0.6) is 0 Å². The molecule has 0 spiro atoms. The van der Waals surface area contributed by atoms with Gasteiger partial charge < -0.3 is 25.4 Å². The first-order valence-corrected chi connectivity index (χ1v) is 11.9. The molecule has 0 aromatic heterocycles. The quantitative estimate of drug-likeness (QED) is 0.453. The largest absolute Gasteiger partial charge is 0.444 e. The third kappa shape index (κ3) is 9.05. The van der Waals surface area contributed by atoms with Crippen molar-refractivity contribution >= 4 is 17.9 Å². The van der Waals surface area contributed by atoms with Crippen molar-refractivity contribution in [1.29, 1.82) is 0 Å². The lowest BCUT2D eigenvalue weighted by molar-refractivity contribution is -0.143. The fraction of sp³-hybridized carbons (Fsp3) is 0.444. The molecule has 3 amide bonds. The van der Waals surface area contributed by atoms with Crippen molar-refractivity contribution in [2.24, 2.45) is 0 Å². The van der Waals surface area contributed by atoms with Crippen molar-refractivity contribution in [2.75, 3.05) is 13.2 Å². The van der Waals surface area contributed by atoms with E-state index in [0.29, 0.717) is 18.5 Å². The molecule has 8 nitrogen and oxygen atoms in total. The Morgan fingerprint density at radius 3 is 2.14 bits per heavy atom. The number of unbranched alkanes of at least 4 members (excludes halogenated alkanes) is 1. The number of rotatable bonds is 11. The summed E-state index contributed by atoms with van der Waals surface area (Å²) in [5.41, 5.74) is 0.800. The van der Waals surface area contributed by atoms with Gasteiger partial charge in [0.25, 0.3) is 0 Å². The smallest absolute Gasteiger partial charge is 0.408 e. The predicted octanol–water partition coefficient (Wildman–Crippen LogP) is 3.56. The van der Waals surface area contributed by atoms with Gasteiger partial charge in [-0.1, -0.05) is 74.0 Å². The number of aliphatic hydroxyl groups excluding tert-OH is 1. The summed E-state index contributed by atoms with van der Waals surface area (Å²) < 4.78 is 5.25. The molecule has 0 fully saturated rings. The number of hydrogen-bond acceptors (Lipinski definition) is 5. The highest BCUT2D eigenvalue weighted by Crippen LogP contribution is 2.23. The number of alkyl carbamates (subject to hydrolysis) is 1.